The molecule has 7 nitrogen and oxygen atoms in total. The number of aromatic nitrogens is 3. The molecule has 2 heterocycles. The minimum Gasteiger partial charge on any atom is -0.486 e. The molecule has 0 radical (unpaired) electrons. The van der Waals surface area contributed by atoms with Gasteiger partial charge in [0.05, 0.1) is 11.3 Å². The minimum absolute atomic E-state index is 0.168. The Balaban J connectivity index is 1.32. The van der Waals surface area contributed by atoms with Gasteiger partial charge < -0.3 is 14.6 Å². The third-order valence-corrected chi connectivity index (χ3v) is 7.20. The monoisotopic (exact) mass is 459 g/mol. The van der Waals surface area contributed by atoms with Crippen LogP contribution in [0.15, 0.2) is 29.4 Å². The van der Waals surface area contributed by atoms with Crippen molar-refractivity contribution in [1.82, 2.24) is 14.8 Å². The molecule has 0 fully saturated rings. The summed E-state index contributed by atoms with van der Waals surface area (Å²) in [4.78, 5) is 13.6. The number of anilines is 1. The van der Waals surface area contributed by atoms with Gasteiger partial charge in [-0.25, -0.2) is 0 Å². The summed E-state index contributed by atoms with van der Waals surface area (Å²) in [6.45, 7) is 0.254. The van der Waals surface area contributed by atoms with Crippen LogP contribution < -0.4 is 10.1 Å². The van der Waals surface area contributed by atoms with E-state index < -0.39 is 0 Å². The summed E-state index contributed by atoms with van der Waals surface area (Å²) in [5.41, 5.74) is 1.72. The van der Waals surface area contributed by atoms with Crippen molar-refractivity contribution in [1.29, 1.82) is 5.26 Å². The first-order valence-corrected chi connectivity index (χ1v) is 11.5. The lowest BCUT2D eigenvalue weighted by Gasteiger charge is -2.07. The molecule has 1 amide bonds. The highest BCUT2D eigenvalue weighted by molar-refractivity contribution is 7.99. The topological polar surface area (TPSA) is 92.8 Å². The van der Waals surface area contributed by atoms with Crippen molar-refractivity contribution >= 4 is 45.6 Å². The van der Waals surface area contributed by atoms with Crippen molar-refractivity contribution in [3.63, 3.8) is 0 Å². The van der Waals surface area contributed by atoms with E-state index in [1.165, 1.54) is 28.0 Å². The van der Waals surface area contributed by atoms with Gasteiger partial charge in [-0.15, -0.1) is 21.5 Å². The molecule has 0 bridgehead atoms. The fourth-order valence-corrected chi connectivity index (χ4v) is 5.29. The third kappa shape index (κ3) is 4.46. The number of ether oxygens (including phenoxy) is 1. The summed E-state index contributed by atoms with van der Waals surface area (Å²) >= 11 is 8.68. The largest absolute Gasteiger partial charge is 0.486 e. The van der Waals surface area contributed by atoms with Gasteiger partial charge in [0.25, 0.3) is 0 Å². The molecule has 1 aliphatic carbocycles. The number of carbonyl (C=O) groups excluding carboxylic acids is 1. The highest BCUT2D eigenvalue weighted by Crippen LogP contribution is 2.38. The van der Waals surface area contributed by atoms with E-state index in [1.807, 2.05) is 7.05 Å². The van der Waals surface area contributed by atoms with Crippen molar-refractivity contribution < 1.29 is 9.53 Å². The van der Waals surface area contributed by atoms with Crippen molar-refractivity contribution in [2.75, 3.05) is 11.1 Å². The summed E-state index contributed by atoms with van der Waals surface area (Å²) in [5, 5.41) is 22.5. The van der Waals surface area contributed by atoms with E-state index in [9.17, 15) is 10.1 Å². The number of hydrogen-bond acceptors (Lipinski definition) is 7. The van der Waals surface area contributed by atoms with Gasteiger partial charge in [0, 0.05) is 16.9 Å². The maximum Gasteiger partial charge on any atom is 0.235 e. The number of benzene rings is 1. The van der Waals surface area contributed by atoms with E-state index in [-0.39, 0.29) is 18.3 Å². The molecule has 154 valence electrons. The lowest BCUT2D eigenvalue weighted by molar-refractivity contribution is -0.113. The molecule has 1 N–H and O–H groups in total. The first-order chi connectivity index (χ1) is 14.5. The molecule has 0 atom stereocenters. The Morgan fingerprint density at radius 1 is 1.37 bits per heavy atom. The van der Waals surface area contributed by atoms with Gasteiger partial charge in [0.2, 0.25) is 5.91 Å². The van der Waals surface area contributed by atoms with Crippen LogP contribution in [0.25, 0.3) is 0 Å². The van der Waals surface area contributed by atoms with Crippen molar-refractivity contribution in [2.45, 2.75) is 31.0 Å². The number of halogens is 1. The summed E-state index contributed by atoms with van der Waals surface area (Å²) < 4.78 is 7.50. The number of nitriles is 1. The fourth-order valence-electron chi connectivity index (χ4n) is 3.18. The average Bonchev–Trinajstić information content (AvgIpc) is 3.41. The van der Waals surface area contributed by atoms with Crippen molar-refractivity contribution in [3.8, 4) is 11.8 Å². The van der Waals surface area contributed by atoms with E-state index in [1.54, 1.807) is 28.8 Å². The molecule has 4 rings (SSSR count). The van der Waals surface area contributed by atoms with E-state index >= 15 is 0 Å². The third-order valence-electron chi connectivity index (χ3n) is 4.73. The molecule has 3 aromatic rings. The molecule has 0 unspecified atom stereocenters. The quantitative estimate of drug-likeness (QED) is 0.532. The smallest absolute Gasteiger partial charge is 0.235 e. The number of hydrogen-bond donors (Lipinski definition) is 1. The lowest BCUT2D eigenvalue weighted by Crippen LogP contribution is -2.14. The first-order valence-electron chi connectivity index (χ1n) is 9.29. The predicted octanol–water partition coefficient (Wildman–Crippen LogP) is 4.20. The van der Waals surface area contributed by atoms with Gasteiger partial charge in [0.15, 0.2) is 11.0 Å². The second kappa shape index (κ2) is 9.08. The van der Waals surface area contributed by atoms with Gasteiger partial charge in [-0.2, -0.15) is 5.26 Å². The number of nitrogens with zero attached hydrogens (tertiary/aromatic N) is 4. The summed E-state index contributed by atoms with van der Waals surface area (Å²) in [5.74, 6) is 1.34. The zero-order chi connectivity index (χ0) is 21.1. The molecule has 1 aromatic carbocycles. The number of thioether (sulfide) groups is 1. The molecule has 30 heavy (non-hydrogen) atoms. The van der Waals surface area contributed by atoms with Crippen LogP contribution in [0.3, 0.4) is 0 Å². The lowest BCUT2D eigenvalue weighted by atomic mass is 10.1. The SMILES string of the molecule is Cn1c(COc2ccc(Cl)cc2)nnc1SCC(=O)Nc1sc2c(c1C#N)CCC2. The minimum atomic E-state index is -0.168. The van der Waals surface area contributed by atoms with Crippen molar-refractivity contribution in [2.24, 2.45) is 7.05 Å². The Morgan fingerprint density at radius 3 is 2.93 bits per heavy atom. The zero-order valence-electron chi connectivity index (χ0n) is 16.1. The number of nitrogens with one attached hydrogen (secondary N) is 1. The second-order valence-corrected chi connectivity index (χ2v) is 9.19. The van der Waals surface area contributed by atoms with Crippen LogP contribution in [-0.4, -0.2) is 26.4 Å². The van der Waals surface area contributed by atoms with Crippen LogP contribution in [0.1, 0.15) is 28.2 Å². The number of rotatable bonds is 7. The van der Waals surface area contributed by atoms with Crippen LogP contribution in [-0.2, 0) is 31.3 Å². The van der Waals surface area contributed by atoms with E-state index in [2.05, 4.69) is 21.6 Å². The van der Waals surface area contributed by atoms with Gasteiger partial charge in [-0.3, -0.25) is 4.79 Å². The molecule has 0 saturated carbocycles. The standard InChI is InChI=1S/C20H18ClN5O2S2/c1-26-17(10-28-13-7-5-12(21)6-8-13)24-25-20(26)29-11-18(27)23-19-15(9-22)14-3-2-4-16(14)30-19/h5-8H,2-4,10-11H2,1H3,(H,23,27). The predicted molar refractivity (Wildman–Crippen MR) is 117 cm³/mol. The average molecular weight is 460 g/mol. The molecular weight excluding hydrogens is 442 g/mol. The van der Waals surface area contributed by atoms with Crippen LogP contribution in [0.5, 0.6) is 5.75 Å². The van der Waals surface area contributed by atoms with Crippen molar-refractivity contribution in [3.05, 3.63) is 51.1 Å². The van der Waals surface area contributed by atoms with E-state index in [4.69, 9.17) is 16.3 Å². The van der Waals surface area contributed by atoms with Gasteiger partial charge in [-0.05, 0) is 49.1 Å². The van der Waals surface area contributed by atoms with E-state index in [0.29, 0.717) is 32.3 Å². The number of carbonyl (C=O) groups is 1. The van der Waals surface area contributed by atoms with Gasteiger partial charge >= 0.3 is 0 Å². The van der Waals surface area contributed by atoms with Gasteiger partial charge in [0.1, 0.15) is 23.4 Å². The Bertz CT molecular complexity index is 1120. The zero-order valence-corrected chi connectivity index (χ0v) is 18.5. The molecule has 10 heteroatoms. The Labute approximate surface area is 187 Å². The second-order valence-electron chi connectivity index (χ2n) is 6.71. The Morgan fingerprint density at radius 2 is 2.17 bits per heavy atom. The first kappa shape index (κ1) is 20.7. The number of aryl methyl sites for hydroxylation is 1. The Kier molecular flexibility index (Phi) is 6.27. The maximum absolute atomic E-state index is 12.4. The highest BCUT2D eigenvalue weighted by Gasteiger charge is 2.23. The number of fused-ring (bicyclic) bond motifs is 1. The summed E-state index contributed by atoms with van der Waals surface area (Å²) in [7, 11) is 1.83. The van der Waals surface area contributed by atoms with Gasteiger partial charge in [-0.1, -0.05) is 23.4 Å². The molecule has 0 aliphatic heterocycles. The molecule has 0 saturated heterocycles. The number of thiophene rings is 1. The van der Waals surface area contributed by atoms with Crippen LogP contribution >= 0.6 is 34.7 Å². The van der Waals surface area contributed by atoms with E-state index in [0.717, 1.165) is 24.8 Å². The fraction of sp³-hybridized carbons (Fsp3) is 0.300. The number of amides is 1. The Hall–Kier alpha value is -2.54. The van der Waals surface area contributed by atoms with Crippen LogP contribution in [0.4, 0.5) is 5.00 Å². The van der Waals surface area contributed by atoms with Crippen LogP contribution in [0.2, 0.25) is 5.02 Å². The summed E-state index contributed by atoms with van der Waals surface area (Å²) in [6.07, 6.45) is 2.98. The van der Waals surface area contributed by atoms with Crippen LogP contribution in [0, 0.1) is 11.3 Å². The maximum atomic E-state index is 12.4. The molecule has 1 aliphatic rings. The highest BCUT2D eigenvalue weighted by atomic mass is 35.5. The molecule has 0 spiro atoms. The summed E-state index contributed by atoms with van der Waals surface area (Å²) in [6, 6.07) is 9.33. The molecule has 2 aromatic heterocycles. The molecular formula is C20H18ClN5O2S2. The normalized spacial score (nSPS) is 12.4.